The molecule has 1 aromatic carbocycles. The van der Waals surface area contributed by atoms with Crippen molar-refractivity contribution in [2.24, 2.45) is 0 Å². The van der Waals surface area contributed by atoms with E-state index in [9.17, 15) is 0 Å². The Morgan fingerprint density at radius 1 is 1.11 bits per heavy atom. The third-order valence-corrected chi connectivity index (χ3v) is 1.94. The van der Waals surface area contributed by atoms with E-state index in [4.69, 9.17) is 10.2 Å². The maximum atomic E-state index is 7.00. The van der Waals surface area contributed by atoms with Crippen molar-refractivity contribution < 1.29 is 10.2 Å². The molecule has 0 spiro atoms. The Morgan fingerprint density at radius 3 is 2.11 bits per heavy atom. The molecule has 0 amide bonds. The van der Waals surface area contributed by atoms with E-state index in [1.165, 1.54) is 11.1 Å². The largest absolute Gasteiger partial charge is 0.400 e. The second-order valence-electron chi connectivity index (χ2n) is 3.03. The average molecular weight is 248 g/mol. The van der Waals surface area contributed by atoms with Crippen LogP contribution in [-0.2, 0) is 0 Å². The first kappa shape index (κ1) is 18.7. The van der Waals surface area contributed by atoms with Gasteiger partial charge in [-0.15, -0.1) is 0 Å². The maximum absolute atomic E-state index is 7.00. The second kappa shape index (κ2) is 15.4. The van der Waals surface area contributed by atoms with Gasteiger partial charge < -0.3 is 10.2 Å². The van der Waals surface area contributed by atoms with Gasteiger partial charge in [-0.1, -0.05) is 68.1 Å². The lowest BCUT2D eigenvalue weighted by atomic mass is 10.0. The molecule has 0 fully saturated rings. The SMILES string of the molecule is C=C/C=C(\C=C/CC)c1ccccc1.CO.CO. The van der Waals surface area contributed by atoms with E-state index < -0.39 is 0 Å². The van der Waals surface area contributed by atoms with Crippen LogP contribution in [0, 0.1) is 0 Å². The van der Waals surface area contributed by atoms with Gasteiger partial charge in [0.15, 0.2) is 0 Å². The maximum Gasteiger partial charge on any atom is 0.0319 e. The number of aliphatic hydroxyl groups excluding tert-OH is 2. The molecule has 18 heavy (non-hydrogen) atoms. The van der Waals surface area contributed by atoms with Crippen LogP contribution in [0.25, 0.3) is 5.57 Å². The lowest BCUT2D eigenvalue weighted by Gasteiger charge is -2.00. The van der Waals surface area contributed by atoms with E-state index in [1.54, 1.807) is 0 Å². The summed E-state index contributed by atoms with van der Waals surface area (Å²) >= 11 is 0. The Bertz CT molecular complexity index is 337. The fourth-order valence-corrected chi connectivity index (χ4v) is 1.25. The van der Waals surface area contributed by atoms with Crippen molar-refractivity contribution >= 4 is 5.57 Å². The van der Waals surface area contributed by atoms with Crippen LogP contribution in [0.5, 0.6) is 0 Å². The van der Waals surface area contributed by atoms with Gasteiger partial charge in [0.05, 0.1) is 0 Å². The van der Waals surface area contributed by atoms with Gasteiger partial charge in [-0.2, -0.15) is 0 Å². The topological polar surface area (TPSA) is 40.5 Å². The average Bonchev–Trinajstić information content (AvgIpc) is 2.48. The van der Waals surface area contributed by atoms with Crippen LogP contribution in [0.4, 0.5) is 0 Å². The van der Waals surface area contributed by atoms with E-state index in [0.29, 0.717) is 0 Å². The lowest BCUT2D eigenvalue weighted by Crippen LogP contribution is -1.78. The number of hydrogen-bond acceptors (Lipinski definition) is 2. The van der Waals surface area contributed by atoms with Crippen molar-refractivity contribution in [2.45, 2.75) is 13.3 Å². The molecule has 0 heterocycles. The molecule has 0 saturated carbocycles. The highest BCUT2D eigenvalue weighted by Gasteiger charge is 1.93. The highest BCUT2D eigenvalue weighted by Crippen LogP contribution is 2.15. The molecular weight excluding hydrogens is 224 g/mol. The molecule has 0 aliphatic rings. The molecule has 2 heteroatoms. The number of allylic oxidation sites excluding steroid dienone is 5. The van der Waals surface area contributed by atoms with Crippen LogP contribution in [0.15, 0.2) is 61.2 Å². The molecule has 0 unspecified atom stereocenters. The van der Waals surface area contributed by atoms with Crippen molar-refractivity contribution in [1.29, 1.82) is 0 Å². The monoisotopic (exact) mass is 248 g/mol. The van der Waals surface area contributed by atoms with E-state index in [2.05, 4.69) is 37.8 Å². The van der Waals surface area contributed by atoms with Gasteiger partial charge in [-0.05, 0) is 17.6 Å². The summed E-state index contributed by atoms with van der Waals surface area (Å²) in [7, 11) is 2.00. The third-order valence-electron chi connectivity index (χ3n) is 1.94. The predicted molar refractivity (Wildman–Crippen MR) is 80.3 cm³/mol. The molecule has 0 bridgehead atoms. The van der Waals surface area contributed by atoms with Crippen molar-refractivity contribution in [2.75, 3.05) is 14.2 Å². The fourth-order valence-electron chi connectivity index (χ4n) is 1.25. The zero-order valence-corrected chi connectivity index (χ0v) is 11.5. The third kappa shape index (κ3) is 8.50. The van der Waals surface area contributed by atoms with Crippen LogP contribution in [0.3, 0.4) is 0 Å². The molecule has 0 aliphatic heterocycles. The molecule has 1 rings (SSSR count). The van der Waals surface area contributed by atoms with Crippen molar-refractivity contribution in [1.82, 2.24) is 0 Å². The quantitative estimate of drug-likeness (QED) is 0.801. The first-order valence-corrected chi connectivity index (χ1v) is 5.82. The zero-order chi connectivity index (χ0) is 14.2. The Morgan fingerprint density at radius 2 is 1.67 bits per heavy atom. The summed E-state index contributed by atoms with van der Waals surface area (Å²) in [6, 6.07) is 10.3. The van der Waals surface area contributed by atoms with E-state index in [1.807, 2.05) is 30.4 Å². The Labute approximate surface area is 111 Å². The second-order valence-corrected chi connectivity index (χ2v) is 3.03. The van der Waals surface area contributed by atoms with Gasteiger partial charge in [0, 0.05) is 14.2 Å². The summed E-state index contributed by atoms with van der Waals surface area (Å²) in [5.41, 5.74) is 2.44. The van der Waals surface area contributed by atoms with Crippen LogP contribution >= 0.6 is 0 Å². The molecule has 1 aromatic rings. The van der Waals surface area contributed by atoms with E-state index in [0.717, 1.165) is 20.6 Å². The number of aliphatic hydroxyl groups is 2. The van der Waals surface area contributed by atoms with Crippen LogP contribution < -0.4 is 0 Å². The molecule has 0 aromatic heterocycles. The van der Waals surface area contributed by atoms with Crippen LogP contribution in [0.1, 0.15) is 18.9 Å². The molecular formula is C16H24O2. The first-order chi connectivity index (χ1) is 8.88. The molecule has 0 saturated heterocycles. The summed E-state index contributed by atoms with van der Waals surface area (Å²) in [4.78, 5) is 0. The Hall–Kier alpha value is -1.64. The van der Waals surface area contributed by atoms with Gasteiger partial charge in [-0.25, -0.2) is 0 Å². The lowest BCUT2D eigenvalue weighted by molar-refractivity contribution is 0.399. The molecule has 0 atom stereocenters. The van der Waals surface area contributed by atoms with Crippen molar-refractivity contribution in [3.63, 3.8) is 0 Å². The number of rotatable bonds is 4. The number of benzene rings is 1. The normalized spacial score (nSPS) is 9.94. The van der Waals surface area contributed by atoms with Gasteiger partial charge in [0.1, 0.15) is 0 Å². The summed E-state index contributed by atoms with van der Waals surface area (Å²) in [5, 5.41) is 14.0. The minimum absolute atomic E-state index is 1.00. The van der Waals surface area contributed by atoms with Crippen LogP contribution in [0.2, 0.25) is 0 Å². The van der Waals surface area contributed by atoms with Gasteiger partial charge >= 0.3 is 0 Å². The fraction of sp³-hybridized carbons (Fsp3) is 0.250. The summed E-state index contributed by atoms with van der Waals surface area (Å²) in [6.07, 6.45) is 9.20. The van der Waals surface area contributed by atoms with Gasteiger partial charge in [-0.3, -0.25) is 0 Å². The Kier molecular flexibility index (Phi) is 16.0. The summed E-state index contributed by atoms with van der Waals surface area (Å²) in [6.45, 7) is 5.86. The smallest absolute Gasteiger partial charge is 0.0319 e. The zero-order valence-electron chi connectivity index (χ0n) is 11.5. The van der Waals surface area contributed by atoms with Gasteiger partial charge in [0.2, 0.25) is 0 Å². The molecule has 0 aliphatic carbocycles. The first-order valence-electron chi connectivity index (χ1n) is 5.82. The summed E-state index contributed by atoms with van der Waals surface area (Å²) in [5.74, 6) is 0. The number of hydrogen-bond donors (Lipinski definition) is 2. The standard InChI is InChI=1S/C14H16.2CH4O/c1-3-5-10-13(9-4-2)14-11-7-6-8-12-14;2*1-2/h4-12H,2-3H2,1H3;2*2H,1H3/b10-5-,13-9+;;. The highest BCUT2D eigenvalue weighted by molar-refractivity contribution is 5.74. The minimum Gasteiger partial charge on any atom is -0.400 e. The van der Waals surface area contributed by atoms with Crippen molar-refractivity contribution in [3.8, 4) is 0 Å². The van der Waals surface area contributed by atoms with Gasteiger partial charge in [0.25, 0.3) is 0 Å². The highest BCUT2D eigenvalue weighted by atomic mass is 16.2. The summed E-state index contributed by atoms with van der Waals surface area (Å²) < 4.78 is 0. The predicted octanol–water partition coefficient (Wildman–Crippen LogP) is 3.44. The molecule has 0 radical (unpaired) electrons. The van der Waals surface area contributed by atoms with Crippen molar-refractivity contribution in [3.05, 3.63) is 66.8 Å². The van der Waals surface area contributed by atoms with E-state index in [-0.39, 0.29) is 0 Å². The van der Waals surface area contributed by atoms with E-state index >= 15 is 0 Å². The molecule has 100 valence electrons. The molecule has 2 N–H and O–H groups in total. The van der Waals surface area contributed by atoms with Crippen LogP contribution in [-0.4, -0.2) is 24.4 Å². The Balaban J connectivity index is 0. The molecule has 2 nitrogen and oxygen atoms in total. The minimum atomic E-state index is 1.00.